The van der Waals surface area contributed by atoms with Crippen LogP contribution in [-0.4, -0.2) is 33.0 Å². The molecule has 1 aromatic carbocycles. The molecule has 3 aromatic rings. The number of para-hydroxylation sites is 1. The Labute approximate surface area is 162 Å². The summed E-state index contributed by atoms with van der Waals surface area (Å²) in [5, 5.41) is 4.24. The molecule has 0 aliphatic heterocycles. The summed E-state index contributed by atoms with van der Waals surface area (Å²) >= 11 is 5.32. The minimum absolute atomic E-state index is 0.0661. The quantitative estimate of drug-likeness (QED) is 0.491. The van der Waals surface area contributed by atoms with Crippen LogP contribution >= 0.6 is 6.72 Å². The number of hydrogen-bond acceptors (Lipinski definition) is 8. The minimum Gasteiger partial charge on any atom is -0.439 e. The average molecular weight is 406 g/mol. The van der Waals surface area contributed by atoms with Crippen molar-refractivity contribution in [2.45, 2.75) is 13.8 Å². The van der Waals surface area contributed by atoms with Crippen LogP contribution < -0.4 is 9.26 Å². The van der Waals surface area contributed by atoms with E-state index in [2.05, 4.69) is 15.1 Å². The van der Waals surface area contributed by atoms with Gasteiger partial charge in [0, 0.05) is 17.9 Å². The van der Waals surface area contributed by atoms with E-state index in [9.17, 15) is 0 Å². The highest BCUT2D eigenvalue weighted by molar-refractivity contribution is 8.07. The van der Waals surface area contributed by atoms with E-state index in [0.29, 0.717) is 30.7 Å². The monoisotopic (exact) mass is 406 g/mol. The largest absolute Gasteiger partial charge is 0.439 e. The number of nitrogens with zero attached hydrogens (tertiary/aromatic N) is 4. The molecule has 0 bridgehead atoms. The first-order valence-corrected chi connectivity index (χ1v) is 10.9. The van der Waals surface area contributed by atoms with Crippen LogP contribution in [0.5, 0.6) is 17.6 Å². The van der Waals surface area contributed by atoms with Gasteiger partial charge in [-0.05, 0) is 32.0 Å². The molecule has 2 aromatic heterocycles. The van der Waals surface area contributed by atoms with Gasteiger partial charge in [0.15, 0.2) is 5.82 Å². The molecule has 8 nitrogen and oxygen atoms in total. The van der Waals surface area contributed by atoms with Gasteiger partial charge in [0.25, 0.3) is 0 Å². The number of hydrogen-bond donors (Lipinski definition) is 0. The van der Waals surface area contributed by atoms with Crippen LogP contribution in [0.15, 0.2) is 54.9 Å². The molecule has 0 aliphatic rings. The molecule has 10 heteroatoms. The Morgan fingerprint density at radius 1 is 1.00 bits per heavy atom. The fourth-order valence-corrected chi connectivity index (χ4v) is 4.03. The fourth-order valence-electron chi connectivity index (χ4n) is 2.10. The predicted octanol–water partition coefficient (Wildman–Crippen LogP) is 4.13. The Balaban J connectivity index is 1.76. The van der Waals surface area contributed by atoms with Crippen LogP contribution in [-0.2, 0) is 20.9 Å². The van der Waals surface area contributed by atoms with Crippen molar-refractivity contribution in [2.75, 3.05) is 13.2 Å². The molecule has 27 heavy (non-hydrogen) atoms. The number of ether oxygens (including phenoxy) is 1. The highest BCUT2D eigenvalue weighted by Crippen LogP contribution is 2.48. The highest BCUT2D eigenvalue weighted by atomic mass is 32.5. The highest BCUT2D eigenvalue weighted by Gasteiger charge is 2.23. The molecule has 0 amide bonds. The molecule has 0 spiro atoms. The zero-order valence-corrected chi connectivity index (χ0v) is 16.6. The van der Waals surface area contributed by atoms with Gasteiger partial charge in [-0.2, -0.15) is 14.6 Å². The molecule has 0 N–H and O–H groups in total. The molecule has 142 valence electrons. The Morgan fingerprint density at radius 2 is 1.74 bits per heavy atom. The predicted molar refractivity (Wildman–Crippen MR) is 104 cm³/mol. The molecule has 0 saturated heterocycles. The second-order valence-electron chi connectivity index (χ2n) is 5.09. The van der Waals surface area contributed by atoms with Crippen LogP contribution in [0.25, 0.3) is 5.82 Å². The van der Waals surface area contributed by atoms with Crippen molar-refractivity contribution in [3.63, 3.8) is 0 Å². The van der Waals surface area contributed by atoms with E-state index in [1.165, 1.54) is 11.0 Å². The third-order valence-electron chi connectivity index (χ3n) is 3.15. The molecular formula is C17H19N4O4PS. The van der Waals surface area contributed by atoms with Gasteiger partial charge in [-0.15, -0.1) is 5.10 Å². The van der Waals surface area contributed by atoms with E-state index < -0.39 is 6.72 Å². The number of rotatable bonds is 9. The Bertz CT molecular complexity index is 912. The fraction of sp³-hybridized carbons (Fsp3) is 0.235. The van der Waals surface area contributed by atoms with Gasteiger partial charge in [-0.3, -0.25) is 9.05 Å². The summed E-state index contributed by atoms with van der Waals surface area (Å²) in [6, 6.07) is 14.8. The summed E-state index contributed by atoms with van der Waals surface area (Å²) in [5.41, 5.74) is 0. The van der Waals surface area contributed by atoms with Gasteiger partial charge in [0.2, 0.25) is 5.88 Å². The summed E-state index contributed by atoms with van der Waals surface area (Å²) in [6.07, 6.45) is 1.47. The lowest BCUT2D eigenvalue weighted by Gasteiger charge is -2.18. The van der Waals surface area contributed by atoms with E-state index in [1.54, 1.807) is 12.1 Å². The minimum atomic E-state index is -2.92. The van der Waals surface area contributed by atoms with Crippen LogP contribution in [0, 0.1) is 0 Å². The van der Waals surface area contributed by atoms with Crippen molar-refractivity contribution in [3.8, 4) is 23.5 Å². The van der Waals surface area contributed by atoms with Crippen LogP contribution in [0.2, 0.25) is 0 Å². The lowest BCUT2D eigenvalue weighted by molar-refractivity contribution is 0.214. The van der Waals surface area contributed by atoms with Gasteiger partial charge in [0.1, 0.15) is 12.1 Å². The number of benzene rings is 1. The first kappa shape index (κ1) is 19.4. The van der Waals surface area contributed by atoms with Crippen molar-refractivity contribution in [1.82, 2.24) is 19.7 Å². The zero-order valence-electron chi connectivity index (χ0n) is 14.9. The molecule has 3 rings (SSSR count). The molecule has 0 aliphatic carbocycles. The third kappa shape index (κ3) is 5.33. The lowest BCUT2D eigenvalue weighted by Crippen LogP contribution is -2.04. The molecular weight excluding hydrogens is 387 g/mol. The molecule has 0 fully saturated rings. The van der Waals surface area contributed by atoms with Crippen LogP contribution in [0.3, 0.4) is 0 Å². The van der Waals surface area contributed by atoms with E-state index in [4.69, 9.17) is 30.1 Å². The van der Waals surface area contributed by atoms with Gasteiger partial charge < -0.3 is 9.26 Å². The van der Waals surface area contributed by atoms with Gasteiger partial charge in [-0.1, -0.05) is 24.3 Å². The maximum Gasteiger partial charge on any atom is 0.382 e. The van der Waals surface area contributed by atoms with E-state index >= 15 is 0 Å². The SMILES string of the molecule is CCOP(=S)(OCC)Oc1ncn(-c2cccc(Oc3ccccc3)n2)n1. The molecule has 0 saturated carbocycles. The topological polar surface area (TPSA) is 80.5 Å². The van der Waals surface area contributed by atoms with Crippen LogP contribution in [0.4, 0.5) is 0 Å². The maximum atomic E-state index is 5.74. The number of pyridine rings is 1. The second kappa shape index (κ2) is 9.05. The van der Waals surface area contributed by atoms with Crippen molar-refractivity contribution >= 4 is 18.5 Å². The Morgan fingerprint density at radius 3 is 2.44 bits per heavy atom. The number of aromatic nitrogens is 4. The summed E-state index contributed by atoms with van der Waals surface area (Å²) in [4.78, 5) is 8.53. The van der Waals surface area contributed by atoms with Crippen LogP contribution in [0.1, 0.15) is 13.8 Å². The summed E-state index contributed by atoms with van der Waals surface area (Å²) in [5.74, 6) is 1.65. The summed E-state index contributed by atoms with van der Waals surface area (Å²) in [7, 11) is 0. The summed E-state index contributed by atoms with van der Waals surface area (Å²) < 4.78 is 23.7. The normalized spacial score (nSPS) is 11.3. The Kier molecular flexibility index (Phi) is 6.52. The standard InChI is InChI=1S/C17H19N4O4PS/c1-3-22-26(27,23-4-2)25-17-18-13-21(20-17)15-11-8-12-16(19-15)24-14-9-6-5-7-10-14/h5-13H,3-4H2,1-2H3. The van der Waals surface area contributed by atoms with Gasteiger partial charge in [-0.25, -0.2) is 0 Å². The van der Waals surface area contributed by atoms with Crippen molar-refractivity contribution in [3.05, 3.63) is 54.9 Å². The summed E-state index contributed by atoms with van der Waals surface area (Å²) in [6.45, 7) is 1.46. The maximum absolute atomic E-state index is 5.74. The first-order valence-electron chi connectivity index (χ1n) is 8.32. The third-order valence-corrected chi connectivity index (χ3v) is 5.54. The van der Waals surface area contributed by atoms with Gasteiger partial charge >= 0.3 is 12.7 Å². The van der Waals surface area contributed by atoms with E-state index in [-0.39, 0.29) is 6.01 Å². The van der Waals surface area contributed by atoms with E-state index in [1.807, 2.05) is 50.2 Å². The second-order valence-corrected chi connectivity index (χ2v) is 8.03. The van der Waals surface area contributed by atoms with E-state index in [0.717, 1.165) is 0 Å². The van der Waals surface area contributed by atoms with Crippen molar-refractivity contribution in [2.24, 2.45) is 0 Å². The average Bonchev–Trinajstić information content (AvgIpc) is 3.11. The molecule has 0 atom stereocenters. The Hall–Kier alpha value is -2.32. The van der Waals surface area contributed by atoms with Crippen molar-refractivity contribution in [1.29, 1.82) is 0 Å². The lowest BCUT2D eigenvalue weighted by atomic mass is 10.3. The first-order chi connectivity index (χ1) is 13.1. The molecule has 0 radical (unpaired) electrons. The van der Waals surface area contributed by atoms with Gasteiger partial charge in [0.05, 0.1) is 13.2 Å². The smallest absolute Gasteiger partial charge is 0.382 e. The molecule has 2 heterocycles. The zero-order chi connectivity index (χ0) is 19.1. The molecule has 0 unspecified atom stereocenters. The van der Waals surface area contributed by atoms with Crippen molar-refractivity contribution < 1.29 is 18.3 Å².